The normalized spacial score (nSPS) is 17.0. The summed E-state index contributed by atoms with van der Waals surface area (Å²) in [5.41, 5.74) is 4.05. The van der Waals surface area contributed by atoms with Gasteiger partial charge in [-0.05, 0) is 98.0 Å². The Morgan fingerprint density at radius 2 is 1.59 bits per heavy atom. The first-order valence-electron chi connectivity index (χ1n) is 15.4. The minimum Gasteiger partial charge on any atom is -0.497 e. The molecule has 2 heterocycles. The van der Waals surface area contributed by atoms with Gasteiger partial charge in [0.2, 0.25) is 0 Å². The molecule has 1 spiro atoms. The summed E-state index contributed by atoms with van der Waals surface area (Å²) in [6.07, 6.45) is 1.07. The number of sulfonamides is 1. The third-order valence-electron chi connectivity index (χ3n) is 9.47. The smallest absolute Gasteiger partial charge is 0.321 e. The number of rotatable bonds is 7. The lowest BCUT2D eigenvalue weighted by molar-refractivity contribution is 0.0950. The molecule has 46 heavy (non-hydrogen) atoms. The SMILES string of the molecule is COc1ccc(S(=O)(=O)N2c3ccc(C(=O)NCc4ccccc4C)cc3C3(CCN(C(=O)Nc4ccccc4)CC3)C2C)cc1. The Morgan fingerprint density at radius 3 is 2.26 bits per heavy atom. The van der Waals surface area contributed by atoms with Gasteiger partial charge in [-0.3, -0.25) is 9.10 Å². The number of hydrogen-bond acceptors (Lipinski definition) is 5. The van der Waals surface area contributed by atoms with E-state index in [-0.39, 0.29) is 16.8 Å². The van der Waals surface area contributed by atoms with Crippen molar-refractivity contribution in [3.05, 3.63) is 119 Å². The van der Waals surface area contributed by atoms with Gasteiger partial charge in [-0.15, -0.1) is 0 Å². The number of urea groups is 1. The molecule has 6 rings (SSSR count). The fraction of sp³-hybridized carbons (Fsp3) is 0.278. The second kappa shape index (κ2) is 12.5. The van der Waals surface area contributed by atoms with Gasteiger partial charge in [-0.2, -0.15) is 0 Å². The molecule has 0 radical (unpaired) electrons. The van der Waals surface area contributed by atoms with Crippen molar-refractivity contribution in [2.45, 2.75) is 49.6 Å². The molecule has 238 valence electrons. The molecule has 0 saturated carbocycles. The highest BCUT2D eigenvalue weighted by molar-refractivity contribution is 7.92. The van der Waals surface area contributed by atoms with E-state index in [1.807, 2.05) is 74.5 Å². The van der Waals surface area contributed by atoms with Crippen LogP contribution in [0.4, 0.5) is 16.2 Å². The van der Waals surface area contributed by atoms with Crippen molar-refractivity contribution in [2.75, 3.05) is 29.8 Å². The van der Waals surface area contributed by atoms with Gasteiger partial charge in [0.25, 0.3) is 15.9 Å². The lowest BCUT2D eigenvalue weighted by Crippen LogP contribution is -2.53. The van der Waals surface area contributed by atoms with Crippen molar-refractivity contribution in [3.63, 3.8) is 0 Å². The summed E-state index contributed by atoms with van der Waals surface area (Å²) in [7, 11) is -2.44. The van der Waals surface area contributed by atoms with Crippen molar-refractivity contribution in [1.29, 1.82) is 0 Å². The Balaban J connectivity index is 1.32. The number of carbonyl (C=O) groups is 2. The van der Waals surface area contributed by atoms with Crippen molar-refractivity contribution >= 4 is 33.3 Å². The van der Waals surface area contributed by atoms with Crippen LogP contribution in [0.15, 0.2) is 102 Å². The Bertz CT molecular complexity index is 1850. The molecule has 0 aromatic heterocycles. The van der Waals surface area contributed by atoms with Gasteiger partial charge < -0.3 is 20.3 Å². The van der Waals surface area contributed by atoms with Crippen LogP contribution >= 0.6 is 0 Å². The summed E-state index contributed by atoms with van der Waals surface area (Å²) >= 11 is 0. The van der Waals surface area contributed by atoms with Crippen LogP contribution in [0.3, 0.4) is 0 Å². The number of amides is 3. The molecule has 1 saturated heterocycles. The number of hydrogen-bond donors (Lipinski definition) is 2. The number of piperidine rings is 1. The lowest BCUT2D eigenvalue weighted by Gasteiger charge is -2.43. The summed E-state index contributed by atoms with van der Waals surface area (Å²) in [5, 5.41) is 5.99. The van der Waals surface area contributed by atoms with Gasteiger partial charge in [0, 0.05) is 36.3 Å². The molecule has 1 fully saturated rings. The van der Waals surface area contributed by atoms with Crippen LogP contribution in [-0.2, 0) is 22.0 Å². The largest absolute Gasteiger partial charge is 0.497 e. The second-order valence-electron chi connectivity index (χ2n) is 11.9. The fourth-order valence-electron chi connectivity index (χ4n) is 6.73. The minimum absolute atomic E-state index is 0.155. The van der Waals surface area contributed by atoms with Crippen LogP contribution in [0.1, 0.15) is 46.8 Å². The second-order valence-corrected chi connectivity index (χ2v) is 13.7. The average Bonchev–Trinajstić information content (AvgIpc) is 3.31. The molecule has 3 amide bonds. The monoisotopic (exact) mass is 638 g/mol. The van der Waals surface area contributed by atoms with E-state index in [9.17, 15) is 18.0 Å². The van der Waals surface area contributed by atoms with Crippen molar-refractivity contribution < 1.29 is 22.7 Å². The summed E-state index contributed by atoms with van der Waals surface area (Å²) < 4.78 is 35.2. The maximum atomic E-state index is 14.3. The number of aryl methyl sites for hydroxylation is 1. The highest BCUT2D eigenvalue weighted by atomic mass is 32.2. The molecule has 9 nitrogen and oxygen atoms in total. The molecule has 0 bridgehead atoms. The van der Waals surface area contributed by atoms with E-state index in [2.05, 4.69) is 10.6 Å². The van der Waals surface area contributed by atoms with E-state index in [0.717, 1.165) is 16.7 Å². The Labute approximate surface area is 270 Å². The van der Waals surface area contributed by atoms with Crippen LogP contribution in [0.2, 0.25) is 0 Å². The van der Waals surface area contributed by atoms with Crippen molar-refractivity contribution in [1.82, 2.24) is 10.2 Å². The van der Waals surface area contributed by atoms with Gasteiger partial charge in [0.15, 0.2) is 0 Å². The number of anilines is 2. The van der Waals surface area contributed by atoms with Gasteiger partial charge in [0.05, 0.1) is 23.7 Å². The molecule has 1 atom stereocenters. The Morgan fingerprint density at radius 1 is 0.913 bits per heavy atom. The van der Waals surface area contributed by atoms with Gasteiger partial charge in [-0.1, -0.05) is 42.5 Å². The fourth-order valence-corrected chi connectivity index (χ4v) is 8.47. The number of likely N-dealkylation sites (tertiary alicyclic amines) is 1. The average molecular weight is 639 g/mol. The van der Waals surface area contributed by atoms with Crippen LogP contribution in [0.25, 0.3) is 0 Å². The van der Waals surface area contributed by atoms with Crippen molar-refractivity contribution in [2.24, 2.45) is 0 Å². The molecule has 2 aliphatic rings. The van der Waals surface area contributed by atoms with Gasteiger partial charge in [-0.25, -0.2) is 13.2 Å². The summed E-state index contributed by atoms with van der Waals surface area (Å²) in [4.78, 5) is 28.5. The number of nitrogens with one attached hydrogen (secondary N) is 2. The predicted molar refractivity (Wildman–Crippen MR) is 179 cm³/mol. The highest BCUT2D eigenvalue weighted by Crippen LogP contribution is 2.53. The van der Waals surface area contributed by atoms with E-state index in [0.29, 0.717) is 55.2 Å². The van der Waals surface area contributed by atoms with E-state index in [1.165, 1.54) is 11.4 Å². The first-order valence-corrected chi connectivity index (χ1v) is 16.8. The third-order valence-corrected chi connectivity index (χ3v) is 11.4. The van der Waals surface area contributed by atoms with Gasteiger partial charge >= 0.3 is 6.03 Å². The van der Waals surface area contributed by atoms with Crippen molar-refractivity contribution in [3.8, 4) is 5.75 Å². The molecule has 2 aliphatic heterocycles. The Hall–Kier alpha value is -4.83. The van der Waals surface area contributed by atoms with E-state index < -0.39 is 21.5 Å². The zero-order chi connectivity index (χ0) is 32.5. The van der Waals surface area contributed by atoms with E-state index in [1.54, 1.807) is 41.3 Å². The molecule has 4 aromatic rings. The van der Waals surface area contributed by atoms with E-state index >= 15 is 0 Å². The molecule has 1 unspecified atom stereocenters. The summed E-state index contributed by atoms with van der Waals surface area (Å²) in [5.74, 6) is 0.331. The maximum Gasteiger partial charge on any atom is 0.321 e. The molecule has 2 N–H and O–H groups in total. The number of carbonyl (C=O) groups excluding carboxylic acids is 2. The molecule has 10 heteroatoms. The van der Waals surface area contributed by atoms with E-state index in [4.69, 9.17) is 4.74 Å². The predicted octanol–water partition coefficient (Wildman–Crippen LogP) is 6.10. The number of fused-ring (bicyclic) bond motifs is 2. The lowest BCUT2D eigenvalue weighted by atomic mass is 9.70. The summed E-state index contributed by atoms with van der Waals surface area (Å²) in [6.45, 7) is 5.18. The topological polar surface area (TPSA) is 108 Å². The van der Waals surface area contributed by atoms with Crippen LogP contribution in [0.5, 0.6) is 5.75 Å². The number of para-hydroxylation sites is 1. The van der Waals surface area contributed by atoms with Crippen LogP contribution in [-0.4, -0.2) is 51.5 Å². The molecular formula is C36H38N4O5S. The number of ether oxygens (including phenoxy) is 1. The quantitative estimate of drug-likeness (QED) is 0.255. The summed E-state index contributed by atoms with van der Waals surface area (Å²) in [6, 6.07) is 28.2. The zero-order valence-corrected chi connectivity index (χ0v) is 27.0. The van der Waals surface area contributed by atoms with Gasteiger partial charge in [0.1, 0.15) is 5.75 Å². The minimum atomic E-state index is -3.97. The first-order chi connectivity index (χ1) is 22.1. The number of methoxy groups -OCH3 is 1. The number of benzene rings is 4. The third kappa shape index (κ3) is 5.69. The Kier molecular flexibility index (Phi) is 8.48. The van der Waals surface area contributed by atoms with Crippen LogP contribution < -0.4 is 19.7 Å². The number of nitrogens with zero attached hydrogens (tertiary/aromatic N) is 2. The molecule has 4 aromatic carbocycles. The first kappa shape index (κ1) is 31.2. The zero-order valence-electron chi connectivity index (χ0n) is 26.2. The van der Waals surface area contributed by atoms with Crippen LogP contribution in [0, 0.1) is 6.92 Å². The molecule has 0 aliphatic carbocycles. The standard InChI is InChI=1S/C36H38N4O5S/c1-25-9-7-8-10-28(25)24-37-34(41)27-13-18-33-32(23-27)36(19-21-39(22-20-36)35(42)38-29-11-5-4-6-12-29)26(2)40(33)46(43,44)31-16-14-30(45-3)15-17-31/h4-18,23,26H,19-22,24H2,1-3H3,(H,37,41)(H,38,42). The maximum absolute atomic E-state index is 14.3. The highest BCUT2D eigenvalue weighted by Gasteiger charge is 2.54. The molecular weight excluding hydrogens is 600 g/mol.